The molecule has 4 unspecified atom stereocenters. The molecular formula is C14H28N2. The maximum absolute atomic E-state index is 6.21. The van der Waals surface area contributed by atoms with E-state index in [1.165, 1.54) is 45.1 Å². The number of hydrogen-bond acceptors (Lipinski definition) is 2. The van der Waals surface area contributed by atoms with E-state index < -0.39 is 0 Å². The van der Waals surface area contributed by atoms with Gasteiger partial charge in [0.1, 0.15) is 0 Å². The fourth-order valence-corrected chi connectivity index (χ4v) is 3.45. The van der Waals surface area contributed by atoms with E-state index >= 15 is 0 Å². The van der Waals surface area contributed by atoms with Crippen LogP contribution in [0, 0.1) is 11.8 Å². The van der Waals surface area contributed by atoms with Crippen LogP contribution in [0.25, 0.3) is 0 Å². The largest absolute Gasteiger partial charge is 0.327 e. The first-order chi connectivity index (χ1) is 7.70. The topological polar surface area (TPSA) is 29.3 Å². The Balaban J connectivity index is 1.84. The maximum atomic E-state index is 6.21. The molecule has 0 aromatic heterocycles. The lowest BCUT2D eigenvalue weighted by atomic mass is 9.78. The minimum Gasteiger partial charge on any atom is -0.327 e. The van der Waals surface area contributed by atoms with Crippen molar-refractivity contribution in [1.82, 2.24) is 4.90 Å². The lowest BCUT2D eigenvalue weighted by molar-refractivity contribution is 0.0267. The molecule has 0 amide bonds. The van der Waals surface area contributed by atoms with Crippen molar-refractivity contribution in [2.45, 2.75) is 64.5 Å². The van der Waals surface area contributed by atoms with Gasteiger partial charge in [0.05, 0.1) is 0 Å². The van der Waals surface area contributed by atoms with Crippen LogP contribution < -0.4 is 5.73 Å². The smallest absolute Gasteiger partial charge is 0.0171 e. The molecule has 0 aromatic rings. The molecule has 1 saturated heterocycles. The summed E-state index contributed by atoms with van der Waals surface area (Å²) in [5, 5.41) is 0. The summed E-state index contributed by atoms with van der Waals surface area (Å²) >= 11 is 0. The summed E-state index contributed by atoms with van der Waals surface area (Å²) in [6.45, 7) is 7.16. The number of rotatable bonds is 4. The third-order valence-corrected chi connectivity index (χ3v) is 4.61. The molecule has 1 saturated carbocycles. The zero-order chi connectivity index (χ0) is 11.5. The maximum Gasteiger partial charge on any atom is 0.0171 e. The molecule has 2 nitrogen and oxygen atoms in total. The van der Waals surface area contributed by atoms with Crippen molar-refractivity contribution in [2.75, 3.05) is 13.1 Å². The van der Waals surface area contributed by atoms with Crippen LogP contribution in [0.3, 0.4) is 0 Å². The fourth-order valence-electron chi connectivity index (χ4n) is 3.45. The Kier molecular flexibility index (Phi) is 4.26. The van der Waals surface area contributed by atoms with Gasteiger partial charge in [-0.2, -0.15) is 0 Å². The van der Waals surface area contributed by atoms with Crippen LogP contribution in [0.4, 0.5) is 0 Å². The van der Waals surface area contributed by atoms with Crippen molar-refractivity contribution in [3.05, 3.63) is 0 Å². The molecule has 16 heavy (non-hydrogen) atoms. The molecule has 1 aliphatic heterocycles. The van der Waals surface area contributed by atoms with Crippen molar-refractivity contribution in [3.63, 3.8) is 0 Å². The standard InChI is InChI=1S/C14H28N2/c1-3-4-5-12-8-13(15)10-16(9-12)14-7-6-11(14)2/h11-14H,3-10,15H2,1-2H3. The Hall–Kier alpha value is -0.0800. The molecule has 4 atom stereocenters. The highest BCUT2D eigenvalue weighted by atomic mass is 15.2. The second-order valence-corrected chi connectivity index (χ2v) is 6.08. The van der Waals surface area contributed by atoms with Crippen LogP contribution in [0.1, 0.15) is 52.4 Å². The average molecular weight is 224 g/mol. The number of likely N-dealkylation sites (tertiary alicyclic amines) is 1. The van der Waals surface area contributed by atoms with E-state index in [1.807, 2.05) is 0 Å². The van der Waals surface area contributed by atoms with Crippen molar-refractivity contribution < 1.29 is 0 Å². The molecule has 2 N–H and O–H groups in total. The van der Waals surface area contributed by atoms with Gasteiger partial charge < -0.3 is 5.73 Å². The van der Waals surface area contributed by atoms with E-state index in [1.54, 1.807) is 0 Å². The van der Waals surface area contributed by atoms with Crippen molar-refractivity contribution >= 4 is 0 Å². The average Bonchev–Trinajstić information content (AvgIpc) is 2.23. The molecule has 2 heteroatoms. The summed E-state index contributed by atoms with van der Waals surface area (Å²) < 4.78 is 0. The predicted molar refractivity (Wildman–Crippen MR) is 69.4 cm³/mol. The van der Waals surface area contributed by atoms with Gasteiger partial charge in [-0.3, -0.25) is 4.90 Å². The van der Waals surface area contributed by atoms with E-state index in [2.05, 4.69) is 18.7 Å². The zero-order valence-electron chi connectivity index (χ0n) is 11.0. The molecule has 1 aliphatic carbocycles. The molecule has 2 fully saturated rings. The molecule has 0 spiro atoms. The molecule has 2 aliphatic rings. The van der Waals surface area contributed by atoms with Crippen molar-refractivity contribution in [1.29, 1.82) is 0 Å². The first kappa shape index (κ1) is 12.4. The van der Waals surface area contributed by atoms with Crippen LogP contribution in [0.15, 0.2) is 0 Å². The number of piperidine rings is 1. The molecular weight excluding hydrogens is 196 g/mol. The predicted octanol–water partition coefficient (Wildman–Crippen LogP) is 2.62. The SMILES string of the molecule is CCCCC1CC(N)CN(C2CCC2C)C1. The zero-order valence-corrected chi connectivity index (χ0v) is 11.0. The van der Waals surface area contributed by atoms with E-state index in [-0.39, 0.29) is 0 Å². The van der Waals surface area contributed by atoms with Crippen LogP contribution in [0.2, 0.25) is 0 Å². The lowest BCUT2D eigenvalue weighted by Gasteiger charge is -2.48. The second-order valence-electron chi connectivity index (χ2n) is 6.08. The fraction of sp³-hybridized carbons (Fsp3) is 1.00. The Morgan fingerprint density at radius 3 is 2.62 bits per heavy atom. The minimum absolute atomic E-state index is 0.434. The molecule has 0 bridgehead atoms. The van der Waals surface area contributed by atoms with Gasteiger partial charge in [-0.25, -0.2) is 0 Å². The lowest BCUT2D eigenvalue weighted by Crippen LogP contribution is -2.55. The van der Waals surface area contributed by atoms with Gasteiger partial charge in [0.25, 0.3) is 0 Å². The first-order valence-electron chi connectivity index (χ1n) is 7.20. The van der Waals surface area contributed by atoms with Gasteiger partial charge >= 0.3 is 0 Å². The summed E-state index contributed by atoms with van der Waals surface area (Å²) in [5.74, 6) is 1.79. The Morgan fingerprint density at radius 1 is 1.25 bits per heavy atom. The highest BCUT2D eigenvalue weighted by Gasteiger charge is 2.36. The minimum atomic E-state index is 0.434. The number of nitrogens with two attached hydrogens (primary N) is 1. The summed E-state index contributed by atoms with van der Waals surface area (Å²) in [7, 11) is 0. The third kappa shape index (κ3) is 2.78. The van der Waals surface area contributed by atoms with Gasteiger partial charge in [0, 0.05) is 25.2 Å². The normalized spacial score (nSPS) is 40.7. The number of unbranched alkanes of at least 4 members (excludes halogenated alkanes) is 1. The number of nitrogens with zero attached hydrogens (tertiary/aromatic N) is 1. The quantitative estimate of drug-likeness (QED) is 0.795. The summed E-state index contributed by atoms with van der Waals surface area (Å²) in [6.07, 6.45) is 8.20. The van der Waals surface area contributed by atoms with E-state index in [9.17, 15) is 0 Å². The summed E-state index contributed by atoms with van der Waals surface area (Å²) in [6, 6.07) is 1.29. The van der Waals surface area contributed by atoms with Gasteiger partial charge in [0.2, 0.25) is 0 Å². The van der Waals surface area contributed by atoms with Crippen LogP contribution in [-0.2, 0) is 0 Å². The van der Waals surface area contributed by atoms with Crippen LogP contribution >= 0.6 is 0 Å². The molecule has 0 aromatic carbocycles. The first-order valence-corrected chi connectivity index (χ1v) is 7.20. The molecule has 2 rings (SSSR count). The molecule has 1 heterocycles. The Labute approximate surface area is 101 Å². The van der Waals surface area contributed by atoms with Gasteiger partial charge in [-0.1, -0.05) is 26.7 Å². The highest BCUT2D eigenvalue weighted by molar-refractivity contribution is 4.91. The third-order valence-electron chi connectivity index (χ3n) is 4.61. The highest BCUT2D eigenvalue weighted by Crippen LogP contribution is 2.34. The van der Waals surface area contributed by atoms with E-state index in [0.717, 1.165) is 24.4 Å². The Morgan fingerprint density at radius 2 is 2.06 bits per heavy atom. The van der Waals surface area contributed by atoms with Crippen LogP contribution in [0.5, 0.6) is 0 Å². The summed E-state index contributed by atoms with van der Waals surface area (Å²) in [4.78, 5) is 2.70. The summed E-state index contributed by atoms with van der Waals surface area (Å²) in [5.41, 5.74) is 6.21. The van der Waals surface area contributed by atoms with Crippen molar-refractivity contribution in [2.24, 2.45) is 17.6 Å². The Bertz CT molecular complexity index is 217. The van der Waals surface area contributed by atoms with Crippen LogP contribution in [-0.4, -0.2) is 30.1 Å². The van der Waals surface area contributed by atoms with Gasteiger partial charge in [-0.05, 0) is 37.5 Å². The van der Waals surface area contributed by atoms with Gasteiger partial charge in [-0.15, -0.1) is 0 Å². The second kappa shape index (κ2) is 5.50. The molecule has 0 radical (unpaired) electrons. The van der Waals surface area contributed by atoms with E-state index in [0.29, 0.717) is 6.04 Å². The molecule has 94 valence electrons. The van der Waals surface area contributed by atoms with E-state index in [4.69, 9.17) is 5.73 Å². The van der Waals surface area contributed by atoms with Crippen molar-refractivity contribution in [3.8, 4) is 0 Å². The van der Waals surface area contributed by atoms with Gasteiger partial charge in [0.15, 0.2) is 0 Å². The monoisotopic (exact) mass is 224 g/mol. The number of hydrogen-bond donors (Lipinski definition) is 1.